The van der Waals surface area contributed by atoms with E-state index >= 15 is 0 Å². The third kappa shape index (κ3) is 2.23. The molecule has 0 bridgehead atoms. The maximum absolute atomic E-state index is 5.79. The molecule has 3 N–H and O–H groups in total. The Morgan fingerprint density at radius 1 is 1.46 bits per heavy atom. The quantitative estimate of drug-likeness (QED) is 0.548. The molecule has 0 aliphatic carbocycles. The summed E-state index contributed by atoms with van der Waals surface area (Å²) in [7, 11) is 1.57. The van der Waals surface area contributed by atoms with Gasteiger partial charge in [-0.25, -0.2) is 0 Å². The lowest BCUT2D eigenvalue weighted by Gasteiger charge is -2.10. The van der Waals surface area contributed by atoms with E-state index in [1.54, 1.807) is 7.11 Å². The Hall–Kier alpha value is -1.48. The molecule has 70 valence electrons. The zero-order valence-electron chi connectivity index (χ0n) is 7.87. The predicted octanol–water partition coefficient (Wildman–Crippen LogP) is 1.78. The van der Waals surface area contributed by atoms with E-state index in [9.17, 15) is 0 Å². The molecule has 0 heterocycles. The van der Waals surface area contributed by atoms with Crippen LogP contribution >= 0.6 is 0 Å². The summed E-state index contributed by atoms with van der Waals surface area (Å²) >= 11 is 0. The van der Waals surface area contributed by atoms with Crippen LogP contribution in [-0.4, -0.2) is 7.11 Å². The summed E-state index contributed by atoms with van der Waals surface area (Å²) in [4.78, 5) is 4.83. The maximum atomic E-state index is 5.79. The molecule has 0 aromatic heterocycles. The number of hydrogen-bond donors (Lipinski definition) is 2. The Kier molecular flexibility index (Phi) is 3.34. The van der Waals surface area contributed by atoms with Crippen LogP contribution in [0.2, 0.25) is 0 Å². The first-order chi connectivity index (χ1) is 6.29. The van der Waals surface area contributed by atoms with E-state index in [4.69, 9.17) is 10.6 Å². The van der Waals surface area contributed by atoms with Crippen molar-refractivity contribution in [1.29, 1.82) is 0 Å². The van der Waals surface area contributed by atoms with Gasteiger partial charge in [0.25, 0.3) is 0 Å². The molecule has 0 atom stereocenters. The van der Waals surface area contributed by atoms with Crippen molar-refractivity contribution in [1.82, 2.24) is 5.48 Å². The lowest BCUT2D eigenvalue weighted by atomic mass is 10.1. The number of nitrogen functional groups attached to an aromatic ring is 1. The van der Waals surface area contributed by atoms with Crippen LogP contribution in [0.25, 0.3) is 5.70 Å². The SMILES string of the molecule is CC=C(NOC)c1ccccc1N. The molecule has 0 aliphatic rings. The third-order valence-electron chi connectivity index (χ3n) is 1.75. The van der Waals surface area contributed by atoms with Crippen LogP contribution in [0.3, 0.4) is 0 Å². The highest BCUT2D eigenvalue weighted by Crippen LogP contribution is 2.18. The number of hydrogen-bond acceptors (Lipinski definition) is 3. The molecule has 0 radical (unpaired) electrons. The number of nitrogens with two attached hydrogens (primary N) is 1. The Labute approximate surface area is 78.2 Å². The summed E-state index contributed by atoms with van der Waals surface area (Å²) in [6, 6.07) is 7.64. The van der Waals surface area contributed by atoms with Crippen LogP contribution in [0.5, 0.6) is 0 Å². The van der Waals surface area contributed by atoms with Crippen molar-refractivity contribution >= 4 is 11.4 Å². The standard InChI is InChI=1S/C10H14N2O/c1-3-10(12-13-2)8-6-4-5-7-9(8)11/h3-7,12H,11H2,1-2H3. The number of rotatable bonds is 3. The predicted molar refractivity (Wildman–Crippen MR) is 54.7 cm³/mol. The fourth-order valence-electron chi connectivity index (χ4n) is 1.12. The van der Waals surface area contributed by atoms with Crippen molar-refractivity contribution in [2.75, 3.05) is 12.8 Å². The molecule has 13 heavy (non-hydrogen) atoms. The first-order valence-corrected chi connectivity index (χ1v) is 4.09. The van der Waals surface area contributed by atoms with E-state index < -0.39 is 0 Å². The van der Waals surface area contributed by atoms with Crippen molar-refractivity contribution in [3.05, 3.63) is 35.9 Å². The Bertz CT molecular complexity index is 308. The lowest BCUT2D eigenvalue weighted by molar-refractivity contribution is 0.136. The average molecular weight is 178 g/mol. The van der Waals surface area contributed by atoms with Gasteiger partial charge in [0.1, 0.15) is 0 Å². The summed E-state index contributed by atoms with van der Waals surface area (Å²) in [5.41, 5.74) is 11.1. The van der Waals surface area contributed by atoms with E-state index in [0.29, 0.717) is 0 Å². The smallest absolute Gasteiger partial charge is 0.0654 e. The van der Waals surface area contributed by atoms with Crippen LogP contribution in [0, 0.1) is 0 Å². The molecule has 0 amide bonds. The van der Waals surface area contributed by atoms with Crippen LogP contribution in [-0.2, 0) is 4.84 Å². The molecule has 0 fully saturated rings. The second kappa shape index (κ2) is 4.52. The van der Waals surface area contributed by atoms with Crippen molar-refractivity contribution < 1.29 is 4.84 Å². The van der Waals surface area contributed by atoms with Crippen LogP contribution in [0.15, 0.2) is 30.3 Å². The number of nitrogens with one attached hydrogen (secondary N) is 1. The molecule has 1 aromatic rings. The fraction of sp³-hybridized carbons (Fsp3) is 0.200. The molecule has 0 aliphatic heterocycles. The number of benzene rings is 1. The van der Waals surface area contributed by atoms with Gasteiger partial charge >= 0.3 is 0 Å². The van der Waals surface area contributed by atoms with Gasteiger partial charge in [-0.15, -0.1) is 0 Å². The highest BCUT2D eigenvalue weighted by Gasteiger charge is 2.02. The normalized spacial score (nSPS) is 11.4. The minimum Gasteiger partial charge on any atom is -0.398 e. The molecule has 3 nitrogen and oxygen atoms in total. The molecule has 1 rings (SSSR count). The second-order valence-corrected chi connectivity index (χ2v) is 2.60. The largest absolute Gasteiger partial charge is 0.398 e. The van der Waals surface area contributed by atoms with Crippen LogP contribution in [0.1, 0.15) is 12.5 Å². The molecule has 0 saturated heterocycles. The second-order valence-electron chi connectivity index (χ2n) is 2.60. The Morgan fingerprint density at radius 3 is 2.69 bits per heavy atom. The summed E-state index contributed by atoms with van der Waals surface area (Å²) < 4.78 is 0. The van der Waals surface area contributed by atoms with Gasteiger partial charge in [0.2, 0.25) is 0 Å². The van der Waals surface area contributed by atoms with Gasteiger partial charge in [-0.05, 0) is 13.0 Å². The van der Waals surface area contributed by atoms with E-state index in [1.807, 2.05) is 37.3 Å². The summed E-state index contributed by atoms with van der Waals surface area (Å²) in [5, 5.41) is 0. The fourth-order valence-corrected chi connectivity index (χ4v) is 1.12. The van der Waals surface area contributed by atoms with Gasteiger partial charge < -0.3 is 5.73 Å². The van der Waals surface area contributed by atoms with E-state index in [1.165, 1.54) is 0 Å². The van der Waals surface area contributed by atoms with Crippen molar-refractivity contribution in [2.45, 2.75) is 6.92 Å². The summed E-state index contributed by atoms with van der Waals surface area (Å²) in [5.74, 6) is 0. The van der Waals surface area contributed by atoms with E-state index in [0.717, 1.165) is 16.9 Å². The van der Waals surface area contributed by atoms with Crippen LogP contribution in [0.4, 0.5) is 5.69 Å². The third-order valence-corrected chi connectivity index (χ3v) is 1.75. The van der Waals surface area contributed by atoms with Gasteiger partial charge in [0.05, 0.1) is 12.8 Å². The molecular weight excluding hydrogens is 164 g/mol. The molecule has 1 aromatic carbocycles. The zero-order chi connectivity index (χ0) is 9.68. The lowest BCUT2D eigenvalue weighted by Crippen LogP contribution is -2.11. The first-order valence-electron chi connectivity index (χ1n) is 4.09. The van der Waals surface area contributed by atoms with Gasteiger partial charge in [-0.3, -0.25) is 10.3 Å². The monoisotopic (exact) mass is 178 g/mol. The van der Waals surface area contributed by atoms with E-state index in [-0.39, 0.29) is 0 Å². The molecule has 3 heteroatoms. The van der Waals surface area contributed by atoms with Crippen molar-refractivity contribution in [3.8, 4) is 0 Å². The Morgan fingerprint density at radius 2 is 2.15 bits per heavy atom. The molecule has 0 unspecified atom stereocenters. The topological polar surface area (TPSA) is 47.3 Å². The van der Waals surface area contributed by atoms with Crippen molar-refractivity contribution in [3.63, 3.8) is 0 Å². The number of para-hydroxylation sites is 1. The maximum Gasteiger partial charge on any atom is 0.0654 e. The number of anilines is 1. The molecular formula is C10H14N2O. The summed E-state index contributed by atoms with van der Waals surface area (Å²) in [6.45, 7) is 1.92. The average Bonchev–Trinajstić information content (AvgIpc) is 2.16. The minimum atomic E-state index is 0.736. The highest BCUT2D eigenvalue weighted by atomic mass is 16.6. The number of allylic oxidation sites excluding steroid dienone is 1. The van der Waals surface area contributed by atoms with E-state index in [2.05, 4.69) is 5.48 Å². The highest BCUT2D eigenvalue weighted by molar-refractivity contribution is 5.72. The number of hydroxylamine groups is 1. The molecule has 0 saturated carbocycles. The molecule has 0 spiro atoms. The zero-order valence-corrected chi connectivity index (χ0v) is 7.87. The first kappa shape index (κ1) is 9.61. The van der Waals surface area contributed by atoms with Crippen LogP contribution < -0.4 is 11.2 Å². The minimum absolute atomic E-state index is 0.736. The Balaban J connectivity index is 2.99. The summed E-state index contributed by atoms with van der Waals surface area (Å²) in [6.07, 6.45) is 1.91. The van der Waals surface area contributed by atoms with Gasteiger partial charge in [0, 0.05) is 11.3 Å². The van der Waals surface area contributed by atoms with Gasteiger partial charge in [-0.1, -0.05) is 24.3 Å². The van der Waals surface area contributed by atoms with Gasteiger partial charge in [0.15, 0.2) is 0 Å². The van der Waals surface area contributed by atoms with Crippen molar-refractivity contribution in [2.24, 2.45) is 0 Å². The van der Waals surface area contributed by atoms with Gasteiger partial charge in [-0.2, -0.15) is 0 Å².